The molecule has 7 heteroatoms. The summed E-state index contributed by atoms with van der Waals surface area (Å²) in [4.78, 5) is 12.4. The number of amides is 1. The van der Waals surface area contributed by atoms with Gasteiger partial charge in [-0.1, -0.05) is 24.3 Å². The minimum Gasteiger partial charge on any atom is -0.489 e. The van der Waals surface area contributed by atoms with Crippen LogP contribution in [0.25, 0.3) is 0 Å². The van der Waals surface area contributed by atoms with Crippen molar-refractivity contribution in [2.75, 3.05) is 13.2 Å². The summed E-state index contributed by atoms with van der Waals surface area (Å²) in [5, 5.41) is 6.21. The van der Waals surface area contributed by atoms with E-state index < -0.39 is 0 Å². The molecule has 3 rings (SSSR count). The maximum atomic E-state index is 12.9. The molecule has 5 nitrogen and oxygen atoms in total. The fourth-order valence-corrected chi connectivity index (χ4v) is 3.01. The summed E-state index contributed by atoms with van der Waals surface area (Å²) in [5.41, 5.74) is 1.89. The molecule has 1 amide bonds. The number of nitrogens with one attached hydrogen (secondary N) is 2. The molecule has 1 heterocycles. The molecular formula is C21H26ClFN2O3. The van der Waals surface area contributed by atoms with Crippen molar-refractivity contribution in [1.82, 2.24) is 10.6 Å². The van der Waals surface area contributed by atoms with Crippen molar-refractivity contribution in [2.45, 2.75) is 38.6 Å². The number of hydrogen-bond donors (Lipinski definition) is 2. The van der Waals surface area contributed by atoms with Crippen molar-refractivity contribution >= 4 is 18.3 Å². The van der Waals surface area contributed by atoms with Gasteiger partial charge >= 0.3 is 0 Å². The van der Waals surface area contributed by atoms with Crippen LogP contribution >= 0.6 is 12.4 Å². The first-order chi connectivity index (χ1) is 13.0. The zero-order valence-corrected chi connectivity index (χ0v) is 16.8. The van der Waals surface area contributed by atoms with Gasteiger partial charge in [-0.05, 0) is 49.2 Å². The molecule has 0 spiro atoms. The Morgan fingerprint density at radius 1 is 1.25 bits per heavy atom. The van der Waals surface area contributed by atoms with Crippen LogP contribution in [0, 0.1) is 5.82 Å². The van der Waals surface area contributed by atoms with Gasteiger partial charge in [-0.2, -0.15) is 0 Å². The molecular weight excluding hydrogens is 383 g/mol. The summed E-state index contributed by atoms with van der Waals surface area (Å²) in [5.74, 6) is 0.396. The first-order valence-electron chi connectivity index (χ1n) is 9.15. The lowest BCUT2D eigenvalue weighted by atomic mass is 10.1. The highest BCUT2D eigenvalue weighted by atomic mass is 35.5. The molecule has 2 aromatic rings. The van der Waals surface area contributed by atoms with E-state index in [0.29, 0.717) is 19.8 Å². The Morgan fingerprint density at radius 3 is 2.57 bits per heavy atom. The molecule has 28 heavy (non-hydrogen) atoms. The lowest BCUT2D eigenvalue weighted by Crippen LogP contribution is -2.55. The standard InChI is InChI=1S/C21H25FN2O3.ClH/c1-14(24-21(25)20-15(2)26-12-11-23-20)17-5-9-19(10-6-17)27-13-16-3-7-18(22)8-4-16;/h3-10,14-15,20,23H,11-13H2,1-2H3,(H,24,25);1H/t14?,15-,20+;/m1./s1. The predicted octanol–water partition coefficient (Wildman–Crippen LogP) is 3.38. The largest absolute Gasteiger partial charge is 0.489 e. The Labute approximate surface area is 171 Å². The summed E-state index contributed by atoms with van der Waals surface area (Å²) >= 11 is 0. The van der Waals surface area contributed by atoms with E-state index in [1.807, 2.05) is 38.1 Å². The Bertz CT molecular complexity index is 755. The maximum Gasteiger partial charge on any atom is 0.240 e. The third kappa shape index (κ3) is 5.92. The lowest BCUT2D eigenvalue weighted by Gasteiger charge is -2.30. The maximum absolute atomic E-state index is 12.9. The number of carbonyl (C=O) groups is 1. The fraction of sp³-hybridized carbons (Fsp3) is 0.381. The molecule has 1 fully saturated rings. The van der Waals surface area contributed by atoms with Gasteiger partial charge in [0.05, 0.1) is 18.8 Å². The lowest BCUT2D eigenvalue weighted by molar-refractivity contribution is -0.129. The Kier molecular flexibility index (Phi) is 8.23. The second-order valence-corrected chi connectivity index (χ2v) is 6.72. The summed E-state index contributed by atoms with van der Waals surface area (Å²) in [7, 11) is 0. The average Bonchev–Trinajstić information content (AvgIpc) is 2.68. The van der Waals surface area contributed by atoms with E-state index in [-0.39, 0.29) is 42.3 Å². The zero-order chi connectivity index (χ0) is 19.2. The van der Waals surface area contributed by atoms with E-state index in [1.165, 1.54) is 12.1 Å². The van der Waals surface area contributed by atoms with E-state index in [1.54, 1.807) is 12.1 Å². The molecule has 3 atom stereocenters. The Balaban J connectivity index is 0.00000280. The first-order valence-corrected chi connectivity index (χ1v) is 9.15. The summed E-state index contributed by atoms with van der Waals surface area (Å²) in [6.45, 7) is 5.52. The SMILES string of the molecule is CC(NC(=O)[C@H]1NCCO[C@@H]1C)c1ccc(OCc2ccc(F)cc2)cc1.Cl. The van der Waals surface area contributed by atoms with Crippen molar-refractivity contribution in [3.05, 3.63) is 65.5 Å². The van der Waals surface area contributed by atoms with Crippen LogP contribution < -0.4 is 15.4 Å². The van der Waals surface area contributed by atoms with E-state index in [9.17, 15) is 9.18 Å². The smallest absolute Gasteiger partial charge is 0.240 e. The van der Waals surface area contributed by atoms with Crippen LogP contribution in [-0.4, -0.2) is 31.2 Å². The predicted molar refractivity (Wildman–Crippen MR) is 108 cm³/mol. The molecule has 0 aromatic heterocycles. The molecule has 0 saturated carbocycles. The molecule has 1 unspecified atom stereocenters. The highest BCUT2D eigenvalue weighted by Crippen LogP contribution is 2.19. The molecule has 0 radical (unpaired) electrons. The number of hydrogen-bond acceptors (Lipinski definition) is 4. The quantitative estimate of drug-likeness (QED) is 0.769. The summed E-state index contributed by atoms with van der Waals surface area (Å²) in [6, 6.07) is 13.4. The minimum absolute atomic E-state index is 0. The van der Waals surface area contributed by atoms with Crippen molar-refractivity contribution < 1.29 is 18.7 Å². The fourth-order valence-electron chi connectivity index (χ4n) is 3.01. The molecule has 0 aliphatic carbocycles. The minimum atomic E-state index is -0.334. The molecule has 0 bridgehead atoms. The Hall–Kier alpha value is -2.15. The van der Waals surface area contributed by atoms with Gasteiger partial charge in [0.25, 0.3) is 0 Å². The van der Waals surface area contributed by atoms with Crippen molar-refractivity contribution in [3.63, 3.8) is 0 Å². The van der Waals surface area contributed by atoms with E-state index in [0.717, 1.165) is 16.9 Å². The van der Waals surface area contributed by atoms with Crippen LogP contribution in [0.5, 0.6) is 5.75 Å². The van der Waals surface area contributed by atoms with Gasteiger partial charge in [0.2, 0.25) is 5.91 Å². The number of halogens is 2. The van der Waals surface area contributed by atoms with Gasteiger partial charge < -0.3 is 20.1 Å². The highest BCUT2D eigenvalue weighted by molar-refractivity contribution is 5.85. The van der Waals surface area contributed by atoms with E-state index in [2.05, 4.69) is 10.6 Å². The first kappa shape index (κ1) is 22.1. The molecule has 1 saturated heterocycles. The van der Waals surface area contributed by atoms with Crippen LogP contribution in [0.15, 0.2) is 48.5 Å². The monoisotopic (exact) mass is 408 g/mol. The van der Waals surface area contributed by atoms with Crippen LogP contribution in [-0.2, 0) is 16.1 Å². The topological polar surface area (TPSA) is 59.6 Å². The van der Waals surface area contributed by atoms with Gasteiger partial charge in [-0.3, -0.25) is 4.79 Å². The third-order valence-electron chi connectivity index (χ3n) is 4.66. The highest BCUT2D eigenvalue weighted by Gasteiger charge is 2.29. The molecule has 1 aliphatic rings. The van der Waals surface area contributed by atoms with E-state index >= 15 is 0 Å². The van der Waals surface area contributed by atoms with Crippen LogP contribution in [0.3, 0.4) is 0 Å². The van der Waals surface area contributed by atoms with E-state index in [4.69, 9.17) is 9.47 Å². The zero-order valence-electron chi connectivity index (χ0n) is 16.0. The van der Waals surface area contributed by atoms with Gasteiger partial charge in [-0.15, -0.1) is 12.4 Å². The molecule has 2 N–H and O–H groups in total. The summed E-state index contributed by atoms with van der Waals surface area (Å²) < 4.78 is 24.2. The van der Waals surface area contributed by atoms with Crippen molar-refractivity contribution in [2.24, 2.45) is 0 Å². The number of rotatable bonds is 6. The normalized spacial score (nSPS) is 20.0. The van der Waals surface area contributed by atoms with Gasteiger partial charge in [-0.25, -0.2) is 4.39 Å². The van der Waals surface area contributed by atoms with Crippen LogP contribution in [0.2, 0.25) is 0 Å². The number of morpholine rings is 1. The van der Waals surface area contributed by atoms with Crippen LogP contribution in [0.1, 0.15) is 31.0 Å². The third-order valence-corrected chi connectivity index (χ3v) is 4.66. The van der Waals surface area contributed by atoms with Gasteiger partial charge in [0.15, 0.2) is 0 Å². The Morgan fingerprint density at radius 2 is 1.93 bits per heavy atom. The van der Waals surface area contributed by atoms with Crippen molar-refractivity contribution in [3.8, 4) is 5.75 Å². The van der Waals surface area contributed by atoms with Crippen molar-refractivity contribution in [1.29, 1.82) is 0 Å². The summed E-state index contributed by atoms with van der Waals surface area (Å²) in [6.07, 6.45) is -0.145. The second kappa shape index (κ2) is 10.4. The second-order valence-electron chi connectivity index (χ2n) is 6.72. The molecule has 1 aliphatic heterocycles. The molecule has 152 valence electrons. The average molecular weight is 409 g/mol. The number of carbonyl (C=O) groups excluding carboxylic acids is 1. The number of ether oxygens (including phenoxy) is 2. The van der Waals surface area contributed by atoms with Gasteiger partial charge in [0.1, 0.15) is 24.2 Å². The number of benzene rings is 2. The van der Waals surface area contributed by atoms with Crippen LogP contribution in [0.4, 0.5) is 4.39 Å². The molecule has 2 aromatic carbocycles. The van der Waals surface area contributed by atoms with Gasteiger partial charge in [0, 0.05) is 6.54 Å².